The zero-order valence-electron chi connectivity index (χ0n) is 24.3. The van der Waals surface area contributed by atoms with Crippen LogP contribution in [0.5, 0.6) is 0 Å². The molecule has 1 aromatic heterocycles. The number of hydrogen-bond acceptors (Lipinski definition) is 4. The van der Waals surface area contributed by atoms with Crippen molar-refractivity contribution in [3.05, 3.63) is 18.7 Å². The maximum atomic E-state index is 11.1. The fourth-order valence-electron chi connectivity index (χ4n) is 3.95. The third kappa shape index (κ3) is 23.7. The van der Waals surface area contributed by atoms with Crippen LogP contribution in [-0.4, -0.2) is 17.8 Å². The second-order valence-electron chi connectivity index (χ2n) is 9.95. The summed E-state index contributed by atoms with van der Waals surface area (Å²) in [4.78, 5) is 11.1. The van der Waals surface area contributed by atoms with E-state index in [1.54, 1.807) is 0 Å². The Labute approximate surface area is 223 Å². The van der Waals surface area contributed by atoms with Crippen molar-refractivity contribution in [3.8, 4) is 0 Å². The van der Waals surface area contributed by atoms with Gasteiger partial charge >= 0.3 is 0 Å². The van der Waals surface area contributed by atoms with Gasteiger partial charge in [0.05, 0.1) is 26.3 Å². The molecule has 0 aromatic carbocycles. The summed E-state index contributed by atoms with van der Waals surface area (Å²) in [7, 11) is -4.02. The molecule has 7 heteroatoms. The highest BCUT2D eigenvalue weighted by Gasteiger charge is 2.08. The summed E-state index contributed by atoms with van der Waals surface area (Å²) in [6, 6.07) is 0. The molecule has 0 unspecified atom stereocenters. The summed E-state index contributed by atoms with van der Waals surface area (Å²) < 4.78 is 25.2. The Hall–Kier alpha value is -0.680. The van der Waals surface area contributed by atoms with Crippen molar-refractivity contribution >= 4 is 7.82 Å². The SMILES string of the molecule is CCCCCCCCCCCn1cc[n+](CCCCC)c1.CCCCCOP(=O)([O-])OCCCCC. The molecule has 214 valence electrons. The van der Waals surface area contributed by atoms with Crippen LogP contribution in [0.25, 0.3) is 0 Å². The normalized spacial score (nSPS) is 11.5. The summed E-state index contributed by atoms with van der Waals surface area (Å²) in [5.41, 5.74) is 0. The fraction of sp³-hybridized carbons (Fsp3) is 0.897. The lowest BCUT2D eigenvalue weighted by atomic mass is 10.1. The molecule has 0 saturated heterocycles. The van der Waals surface area contributed by atoms with Gasteiger partial charge in [-0.1, -0.05) is 105 Å². The van der Waals surface area contributed by atoms with Gasteiger partial charge < -0.3 is 13.9 Å². The van der Waals surface area contributed by atoms with Gasteiger partial charge in [-0.3, -0.25) is 4.57 Å². The summed E-state index contributed by atoms with van der Waals surface area (Å²) >= 11 is 0. The molecule has 1 rings (SSSR count). The van der Waals surface area contributed by atoms with E-state index in [1.807, 2.05) is 0 Å². The first-order valence-corrected chi connectivity index (χ1v) is 16.6. The third-order valence-electron chi connectivity index (χ3n) is 6.28. The zero-order chi connectivity index (χ0) is 26.7. The fourth-order valence-corrected chi connectivity index (χ4v) is 4.73. The van der Waals surface area contributed by atoms with Gasteiger partial charge in [-0.25, -0.2) is 9.13 Å². The van der Waals surface area contributed by atoms with Crippen LogP contribution in [-0.2, 0) is 26.7 Å². The van der Waals surface area contributed by atoms with Gasteiger partial charge in [0.1, 0.15) is 12.4 Å². The van der Waals surface area contributed by atoms with Crippen molar-refractivity contribution in [2.45, 2.75) is 156 Å². The summed E-state index contributed by atoms with van der Waals surface area (Å²) in [6.07, 6.45) is 29.0. The number of hydrogen-bond donors (Lipinski definition) is 0. The van der Waals surface area contributed by atoms with Crippen molar-refractivity contribution in [1.29, 1.82) is 0 Å². The van der Waals surface area contributed by atoms with E-state index in [1.165, 1.54) is 90.1 Å². The summed E-state index contributed by atoms with van der Waals surface area (Å²) in [5.74, 6) is 0. The van der Waals surface area contributed by atoms with Crippen LogP contribution in [0.15, 0.2) is 18.7 Å². The van der Waals surface area contributed by atoms with Gasteiger partial charge in [0, 0.05) is 0 Å². The highest BCUT2D eigenvalue weighted by Crippen LogP contribution is 2.38. The Bertz CT molecular complexity index is 608. The number of rotatable bonds is 24. The molecule has 0 saturated carbocycles. The van der Waals surface area contributed by atoms with Crippen molar-refractivity contribution in [3.63, 3.8) is 0 Å². The summed E-state index contributed by atoms with van der Waals surface area (Å²) in [5, 5.41) is 0. The maximum absolute atomic E-state index is 11.1. The van der Waals surface area contributed by atoms with Crippen LogP contribution in [0.3, 0.4) is 0 Å². The molecule has 1 aromatic rings. The van der Waals surface area contributed by atoms with Gasteiger partial charge in [0.2, 0.25) is 6.33 Å². The lowest BCUT2D eigenvalue weighted by Gasteiger charge is -2.22. The average Bonchev–Trinajstić information content (AvgIpc) is 3.32. The zero-order valence-corrected chi connectivity index (χ0v) is 25.2. The number of unbranched alkanes of at least 4 members (excludes halogenated alkanes) is 14. The predicted octanol–water partition coefficient (Wildman–Crippen LogP) is 8.37. The van der Waals surface area contributed by atoms with Crippen molar-refractivity contribution in [1.82, 2.24) is 4.57 Å². The Kier molecular flexibility index (Phi) is 25.5. The standard InChI is InChI=1S/C19H37N2.C10H23O4P/c1-3-5-7-8-9-10-11-12-14-16-21-18-17-20(19-21)15-13-6-4-2;1-3-5-7-9-13-15(11,12)14-10-8-6-4-2/h17-19H,3-16H2,1-2H3;3-10H2,1-2H3,(H,11,12)/q+1;/p-1. The molecule has 0 bridgehead atoms. The Morgan fingerprint density at radius 2 is 1.11 bits per heavy atom. The minimum absolute atomic E-state index is 0.238. The lowest BCUT2D eigenvalue weighted by molar-refractivity contribution is -0.696. The molecule has 1 heterocycles. The molecule has 0 aliphatic rings. The van der Waals surface area contributed by atoms with Gasteiger partial charge in [-0.2, -0.15) is 0 Å². The third-order valence-corrected chi connectivity index (χ3v) is 7.28. The molecular formula is C29H59N2O4P. The quantitative estimate of drug-likeness (QED) is 0.0765. The molecule has 0 N–H and O–H groups in total. The molecule has 0 fully saturated rings. The minimum Gasteiger partial charge on any atom is -0.756 e. The van der Waals surface area contributed by atoms with Crippen LogP contribution in [0, 0.1) is 0 Å². The van der Waals surface area contributed by atoms with E-state index >= 15 is 0 Å². The van der Waals surface area contributed by atoms with E-state index < -0.39 is 7.82 Å². The molecule has 0 aliphatic heterocycles. The highest BCUT2D eigenvalue weighted by atomic mass is 31.2. The number of aromatic nitrogens is 2. The first kappa shape index (κ1) is 35.3. The average molecular weight is 531 g/mol. The maximum Gasteiger partial charge on any atom is 0.267 e. The van der Waals surface area contributed by atoms with E-state index in [-0.39, 0.29) is 13.2 Å². The summed E-state index contributed by atoms with van der Waals surface area (Å²) in [6.45, 7) is 11.5. The monoisotopic (exact) mass is 530 g/mol. The molecule has 0 aliphatic carbocycles. The van der Waals surface area contributed by atoms with E-state index in [9.17, 15) is 9.46 Å². The van der Waals surface area contributed by atoms with Crippen LogP contribution in [0.4, 0.5) is 0 Å². The van der Waals surface area contributed by atoms with Crippen LogP contribution < -0.4 is 9.46 Å². The first-order valence-electron chi connectivity index (χ1n) is 15.1. The number of imidazole rings is 1. The smallest absolute Gasteiger partial charge is 0.267 e. The van der Waals surface area contributed by atoms with Gasteiger partial charge in [-0.15, -0.1) is 0 Å². The minimum atomic E-state index is -4.02. The lowest BCUT2D eigenvalue weighted by Crippen LogP contribution is -2.30. The molecule has 0 spiro atoms. The Morgan fingerprint density at radius 3 is 1.64 bits per heavy atom. The van der Waals surface area contributed by atoms with Gasteiger partial charge in [0.15, 0.2) is 0 Å². The second-order valence-corrected chi connectivity index (χ2v) is 11.4. The number of phosphoric ester groups is 1. The molecule has 0 radical (unpaired) electrons. The Balaban J connectivity index is 0.000000723. The predicted molar refractivity (Wildman–Crippen MR) is 150 cm³/mol. The number of aryl methyl sites for hydroxylation is 2. The molecule has 6 nitrogen and oxygen atoms in total. The highest BCUT2D eigenvalue weighted by molar-refractivity contribution is 7.45. The van der Waals surface area contributed by atoms with E-state index in [4.69, 9.17) is 0 Å². The van der Waals surface area contributed by atoms with E-state index in [2.05, 4.69) is 64.6 Å². The molecule has 0 amide bonds. The molecular weight excluding hydrogens is 471 g/mol. The second kappa shape index (κ2) is 25.9. The topological polar surface area (TPSA) is 67.4 Å². The van der Waals surface area contributed by atoms with Crippen molar-refractivity contribution < 1.29 is 23.1 Å². The van der Waals surface area contributed by atoms with E-state index in [0.717, 1.165) is 38.5 Å². The van der Waals surface area contributed by atoms with Gasteiger partial charge in [-0.05, 0) is 38.5 Å². The van der Waals surface area contributed by atoms with Crippen LogP contribution in [0.1, 0.15) is 143 Å². The van der Waals surface area contributed by atoms with Crippen molar-refractivity contribution in [2.24, 2.45) is 0 Å². The largest absolute Gasteiger partial charge is 0.756 e. The molecule has 0 atom stereocenters. The number of phosphoric acid groups is 1. The van der Waals surface area contributed by atoms with Crippen LogP contribution >= 0.6 is 7.82 Å². The number of nitrogens with zero attached hydrogens (tertiary/aromatic N) is 2. The van der Waals surface area contributed by atoms with Crippen LogP contribution in [0.2, 0.25) is 0 Å². The Morgan fingerprint density at radius 1 is 0.667 bits per heavy atom. The first-order chi connectivity index (χ1) is 17.5. The van der Waals surface area contributed by atoms with E-state index in [0.29, 0.717) is 0 Å². The van der Waals surface area contributed by atoms with Gasteiger partial charge in [0.25, 0.3) is 7.82 Å². The van der Waals surface area contributed by atoms with Crippen molar-refractivity contribution in [2.75, 3.05) is 13.2 Å². The molecule has 36 heavy (non-hydrogen) atoms.